The predicted molar refractivity (Wildman–Crippen MR) is 62.6 cm³/mol. The number of rotatable bonds is 3. The molecule has 0 aromatic carbocycles. The van der Waals surface area contributed by atoms with Crippen molar-refractivity contribution in [1.29, 1.82) is 0 Å². The number of nitrogens with one attached hydrogen (secondary N) is 2. The van der Waals surface area contributed by atoms with E-state index in [4.69, 9.17) is 0 Å². The zero-order valence-corrected chi connectivity index (χ0v) is 9.87. The topological polar surface area (TPSA) is 53.6 Å². The molecule has 0 atom stereocenters. The van der Waals surface area contributed by atoms with E-state index >= 15 is 0 Å². The van der Waals surface area contributed by atoms with Gasteiger partial charge in [-0.05, 0) is 40.5 Å². The van der Waals surface area contributed by atoms with Crippen LogP contribution in [0.5, 0.6) is 0 Å². The van der Waals surface area contributed by atoms with E-state index in [0.29, 0.717) is 6.54 Å². The highest BCUT2D eigenvalue weighted by Gasteiger charge is 2.00. The van der Waals surface area contributed by atoms with Crippen LogP contribution in [0.1, 0.15) is 11.3 Å². The average molecular weight is 267 g/mol. The molecule has 0 saturated carbocycles. The first kappa shape index (κ1) is 10.2. The van der Waals surface area contributed by atoms with Gasteiger partial charge >= 0.3 is 0 Å². The van der Waals surface area contributed by atoms with E-state index in [9.17, 15) is 0 Å². The van der Waals surface area contributed by atoms with E-state index in [0.717, 1.165) is 21.5 Å². The highest BCUT2D eigenvalue weighted by Crippen LogP contribution is 2.16. The van der Waals surface area contributed by atoms with Crippen LogP contribution in [-0.4, -0.2) is 15.2 Å². The summed E-state index contributed by atoms with van der Waals surface area (Å²) in [5.74, 6) is 0.896. The van der Waals surface area contributed by atoms with E-state index in [1.54, 1.807) is 12.4 Å². The van der Waals surface area contributed by atoms with Crippen molar-refractivity contribution in [1.82, 2.24) is 15.2 Å². The minimum Gasteiger partial charge on any atom is -0.364 e. The van der Waals surface area contributed by atoms with Crippen LogP contribution in [0.4, 0.5) is 5.82 Å². The first-order chi connectivity index (χ1) is 7.25. The number of H-pyrrole nitrogens is 1. The second kappa shape index (κ2) is 4.44. The Balaban J connectivity index is 2.05. The lowest BCUT2D eigenvalue weighted by atomic mass is 10.3. The molecule has 2 heterocycles. The third-order valence-corrected chi connectivity index (χ3v) is 2.48. The number of anilines is 1. The van der Waals surface area contributed by atoms with Crippen molar-refractivity contribution in [2.75, 3.05) is 5.32 Å². The Morgan fingerprint density at radius 3 is 3.07 bits per heavy atom. The van der Waals surface area contributed by atoms with Crippen molar-refractivity contribution in [3.05, 3.63) is 40.3 Å². The van der Waals surface area contributed by atoms with Gasteiger partial charge < -0.3 is 5.32 Å². The largest absolute Gasteiger partial charge is 0.364 e. The molecule has 2 N–H and O–H groups in total. The Hall–Kier alpha value is -1.36. The normalized spacial score (nSPS) is 10.3. The monoisotopic (exact) mass is 266 g/mol. The fraction of sp³-hybridized carbons (Fsp3) is 0.200. The van der Waals surface area contributed by atoms with Crippen LogP contribution in [0, 0.1) is 6.92 Å². The molecule has 0 aliphatic rings. The minimum atomic E-state index is 0.704. The molecule has 0 radical (unpaired) electrons. The van der Waals surface area contributed by atoms with E-state index < -0.39 is 0 Å². The van der Waals surface area contributed by atoms with Crippen molar-refractivity contribution >= 4 is 21.7 Å². The van der Waals surface area contributed by atoms with Gasteiger partial charge in [0.1, 0.15) is 5.82 Å². The molecule has 0 amide bonds. The molecule has 5 heteroatoms. The SMILES string of the molecule is Cc1cc(Br)cnc1NCc1ccn[nH]1. The quantitative estimate of drug-likeness (QED) is 0.898. The van der Waals surface area contributed by atoms with Gasteiger partial charge in [0.2, 0.25) is 0 Å². The zero-order chi connectivity index (χ0) is 10.7. The molecule has 15 heavy (non-hydrogen) atoms. The summed E-state index contributed by atoms with van der Waals surface area (Å²) in [4.78, 5) is 4.28. The molecule has 0 saturated heterocycles. The smallest absolute Gasteiger partial charge is 0.129 e. The second-order valence-electron chi connectivity index (χ2n) is 3.25. The maximum atomic E-state index is 4.28. The van der Waals surface area contributed by atoms with E-state index in [1.807, 2.05) is 19.1 Å². The number of hydrogen-bond donors (Lipinski definition) is 2. The Morgan fingerprint density at radius 2 is 2.40 bits per heavy atom. The number of nitrogens with zero attached hydrogens (tertiary/aromatic N) is 2. The molecule has 2 aromatic heterocycles. The summed E-state index contributed by atoms with van der Waals surface area (Å²) in [5.41, 5.74) is 2.16. The number of halogens is 1. The molecule has 0 aliphatic heterocycles. The summed E-state index contributed by atoms with van der Waals surface area (Å²) >= 11 is 3.38. The molecule has 2 rings (SSSR count). The first-order valence-electron chi connectivity index (χ1n) is 4.60. The third kappa shape index (κ3) is 2.56. The molecule has 78 valence electrons. The van der Waals surface area contributed by atoms with E-state index in [-0.39, 0.29) is 0 Å². The summed E-state index contributed by atoms with van der Waals surface area (Å²) < 4.78 is 0.993. The Labute approximate surface area is 96.3 Å². The molecule has 4 nitrogen and oxygen atoms in total. The van der Waals surface area contributed by atoms with Crippen LogP contribution in [0.3, 0.4) is 0 Å². The van der Waals surface area contributed by atoms with Crippen molar-refractivity contribution in [2.45, 2.75) is 13.5 Å². The van der Waals surface area contributed by atoms with Crippen molar-refractivity contribution in [2.24, 2.45) is 0 Å². The molecule has 0 aliphatic carbocycles. The Kier molecular flexibility index (Phi) is 3.01. The number of aromatic nitrogens is 3. The third-order valence-electron chi connectivity index (χ3n) is 2.05. The number of aromatic amines is 1. The van der Waals surface area contributed by atoms with Gasteiger partial charge in [-0.25, -0.2) is 4.98 Å². The molecular formula is C10H11BrN4. The number of pyridine rings is 1. The standard InChI is InChI=1S/C10H11BrN4/c1-7-4-8(11)5-12-10(7)13-6-9-2-3-14-15-9/h2-5H,6H2,1H3,(H,12,13)(H,14,15). The van der Waals surface area contributed by atoms with Crippen molar-refractivity contribution < 1.29 is 0 Å². The Morgan fingerprint density at radius 1 is 1.53 bits per heavy atom. The van der Waals surface area contributed by atoms with Gasteiger partial charge in [-0.1, -0.05) is 0 Å². The van der Waals surface area contributed by atoms with Gasteiger partial charge in [-0.15, -0.1) is 0 Å². The lowest BCUT2D eigenvalue weighted by Crippen LogP contribution is -2.03. The maximum Gasteiger partial charge on any atom is 0.129 e. The van der Waals surface area contributed by atoms with Gasteiger partial charge in [0.15, 0.2) is 0 Å². The summed E-state index contributed by atoms with van der Waals surface area (Å²) in [7, 11) is 0. The van der Waals surface area contributed by atoms with Crippen LogP contribution in [0.25, 0.3) is 0 Å². The van der Waals surface area contributed by atoms with Gasteiger partial charge in [0, 0.05) is 16.9 Å². The predicted octanol–water partition coefficient (Wildman–Crippen LogP) is 2.49. The van der Waals surface area contributed by atoms with Crippen LogP contribution in [0.2, 0.25) is 0 Å². The highest BCUT2D eigenvalue weighted by molar-refractivity contribution is 9.10. The molecule has 0 bridgehead atoms. The lowest BCUT2D eigenvalue weighted by Gasteiger charge is -2.07. The molecule has 0 spiro atoms. The number of aryl methyl sites for hydroxylation is 1. The first-order valence-corrected chi connectivity index (χ1v) is 5.39. The molecule has 0 unspecified atom stereocenters. The van der Waals surface area contributed by atoms with Gasteiger partial charge in [0.25, 0.3) is 0 Å². The highest BCUT2D eigenvalue weighted by atomic mass is 79.9. The van der Waals surface area contributed by atoms with Crippen LogP contribution < -0.4 is 5.32 Å². The minimum absolute atomic E-state index is 0.704. The van der Waals surface area contributed by atoms with Gasteiger partial charge in [-0.2, -0.15) is 5.10 Å². The summed E-state index contributed by atoms with van der Waals surface area (Å²) in [6.45, 7) is 2.72. The van der Waals surface area contributed by atoms with Crippen LogP contribution in [0.15, 0.2) is 29.0 Å². The number of hydrogen-bond acceptors (Lipinski definition) is 3. The molecule has 0 fully saturated rings. The Bertz CT molecular complexity index is 439. The second-order valence-corrected chi connectivity index (χ2v) is 4.17. The fourth-order valence-corrected chi connectivity index (χ4v) is 1.73. The molecular weight excluding hydrogens is 256 g/mol. The van der Waals surface area contributed by atoms with Crippen molar-refractivity contribution in [3.8, 4) is 0 Å². The van der Waals surface area contributed by atoms with E-state index in [2.05, 4.69) is 36.4 Å². The van der Waals surface area contributed by atoms with Crippen molar-refractivity contribution in [3.63, 3.8) is 0 Å². The lowest BCUT2D eigenvalue weighted by molar-refractivity contribution is 0.971. The molecule has 2 aromatic rings. The summed E-state index contributed by atoms with van der Waals surface area (Å²) in [6, 6.07) is 3.96. The van der Waals surface area contributed by atoms with Crippen LogP contribution in [-0.2, 0) is 6.54 Å². The van der Waals surface area contributed by atoms with E-state index in [1.165, 1.54) is 0 Å². The van der Waals surface area contributed by atoms with Crippen LogP contribution >= 0.6 is 15.9 Å². The fourth-order valence-electron chi connectivity index (χ4n) is 1.29. The summed E-state index contributed by atoms with van der Waals surface area (Å²) in [6.07, 6.45) is 3.52. The van der Waals surface area contributed by atoms with Gasteiger partial charge in [0.05, 0.1) is 12.2 Å². The zero-order valence-electron chi connectivity index (χ0n) is 8.29. The van der Waals surface area contributed by atoms with Gasteiger partial charge in [-0.3, -0.25) is 5.10 Å². The average Bonchev–Trinajstić information content (AvgIpc) is 2.69. The maximum absolute atomic E-state index is 4.28. The summed E-state index contributed by atoms with van der Waals surface area (Å²) in [5, 5.41) is 10.0.